The highest BCUT2D eigenvalue weighted by atomic mass is 32.2. The van der Waals surface area contributed by atoms with Gasteiger partial charge >= 0.3 is 0 Å². The molecule has 1 aromatic carbocycles. The van der Waals surface area contributed by atoms with Crippen LogP contribution in [0.4, 0.5) is 0 Å². The smallest absolute Gasteiger partial charge is 0.243 e. The molecule has 1 fully saturated rings. The molecule has 2 N–H and O–H groups in total. The number of thiocarbonyl (C=S) groups is 1. The van der Waals surface area contributed by atoms with E-state index in [1.165, 1.54) is 4.31 Å². The molecule has 1 aliphatic heterocycles. The predicted molar refractivity (Wildman–Crippen MR) is 81.3 cm³/mol. The molecule has 2 rings (SSSR count). The minimum absolute atomic E-state index is 0.146. The van der Waals surface area contributed by atoms with Crippen molar-refractivity contribution >= 4 is 27.2 Å². The molecule has 20 heavy (non-hydrogen) atoms. The number of hydrogen-bond acceptors (Lipinski definition) is 4. The van der Waals surface area contributed by atoms with Crippen molar-refractivity contribution < 1.29 is 13.2 Å². The Morgan fingerprint density at radius 3 is 2.30 bits per heavy atom. The van der Waals surface area contributed by atoms with Gasteiger partial charge in [0.25, 0.3) is 0 Å². The zero-order chi connectivity index (χ0) is 14.8. The maximum Gasteiger partial charge on any atom is 0.243 e. The van der Waals surface area contributed by atoms with Crippen LogP contribution >= 0.6 is 12.2 Å². The minimum atomic E-state index is -3.44. The summed E-state index contributed by atoms with van der Waals surface area (Å²) < 4.78 is 31.5. The van der Waals surface area contributed by atoms with E-state index in [-0.39, 0.29) is 10.8 Å². The van der Waals surface area contributed by atoms with Crippen LogP contribution in [-0.2, 0) is 10.0 Å². The summed E-state index contributed by atoms with van der Waals surface area (Å²) in [6, 6.07) is 6.42. The molecular formula is C13H18N2O3S2. The predicted octanol–water partition coefficient (Wildman–Crippen LogP) is 1.38. The number of rotatable bonds is 4. The molecule has 0 bridgehead atoms. The van der Waals surface area contributed by atoms with E-state index in [9.17, 15) is 8.42 Å². The lowest BCUT2D eigenvalue weighted by Crippen LogP contribution is -2.41. The van der Waals surface area contributed by atoms with E-state index < -0.39 is 10.0 Å². The van der Waals surface area contributed by atoms with Crippen molar-refractivity contribution in [2.24, 2.45) is 11.7 Å². The Morgan fingerprint density at radius 1 is 1.30 bits per heavy atom. The van der Waals surface area contributed by atoms with Crippen LogP contribution in [0.2, 0.25) is 0 Å². The molecule has 1 aromatic rings. The van der Waals surface area contributed by atoms with Crippen molar-refractivity contribution in [1.29, 1.82) is 0 Å². The van der Waals surface area contributed by atoms with Gasteiger partial charge in [0.1, 0.15) is 5.75 Å². The van der Waals surface area contributed by atoms with Gasteiger partial charge in [-0.1, -0.05) is 12.2 Å². The first-order chi connectivity index (χ1) is 9.45. The Bertz CT molecular complexity index is 576. The third-order valence-electron chi connectivity index (χ3n) is 3.55. The van der Waals surface area contributed by atoms with E-state index in [0.717, 1.165) is 0 Å². The second-order valence-corrected chi connectivity index (χ2v) is 7.17. The molecule has 1 heterocycles. The fourth-order valence-electron chi connectivity index (χ4n) is 2.28. The molecule has 0 radical (unpaired) electrons. The first-order valence-corrected chi connectivity index (χ1v) is 8.23. The van der Waals surface area contributed by atoms with Gasteiger partial charge in [-0.2, -0.15) is 4.31 Å². The minimum Gasteiger partial charge on any atom is -0.497 e. The number of methoxy groups -OCH3 is 1. The van der Waals surface area contributed by atoms with Crippen LogP contribution in [-0.4, -0.2) is 37.9 Å². The van der Waals surface area contributed by atoms with Gasteiger partial charge in [0.05, 0.1) is 17.0 Å². The van der Waals surface area contributed by atoms with Crippen LogP contribution in [0, 0.1) is 5.92 Å². The Balaban J connectivity index is 2.13. The zero-order valence-electron chi connectivity index (χ0n) is 11.3. The van der Waals surface area contributed by atoms with Crippen molar-refractivity contribution in [2.45, 2.75) is 17.7 Å². The molecule has 0 aromatic heterocycles. The topological polar surface area (TPSA) is 72.6 Å². The maximum atomic E-state index is 12.5. The highest BCUT2D eigenvalue weighted by molar-refractivity contribution is 7.89. The lowest BCUT2D eigenvalue weighted by atomic mass is 9.98. The van der Waals surface area contributed by atoms with E-state index in [0.29, 0.717) is 36.7 Å². The first kappa shape index (κ1) is 15.2. The fourth-order valence-corrected chi connectivity index (χ4v) is 3.98. The Kier molecular flexibility index (Phi) is 4.62. The molecule has 5 nitrogen and oxygen atoms in total. The monoisotopic (exact) mass is 314 g/mol. The summed E-state index contributed by atoms with van der Waals surface area (Å²) in [5.74, 6) is 0.781. The van der Waals surface area contributed by atoms with Crippen LogP contribution in [0.1, 0.15) is 12.8 Å². The van der Waals surface area contributed by atoms with Gasteiger partial charge in [-0.05, 0) is 37.1 Å². The van der Waals surface area contributed by atoms with Gasteiger partial charge < -0.3 is 10.5 Å². The zero-order valence-corrected chi connectivity index (χ0v) is 12.9. The van der Waals surface area contributed by atoms with Crippen molar-refractivity contribution in [1.82, 2.24) is 4.31 Å². The van der Waals surface area contributed by atoms with E-state index in [1.807, 2.05) is 0 Å². The number of ether oxygens (including phenoxy) is 1. The molecule has 0 unspecified atom stereocenters. The molecule has 0 saturated carbocycles. The van der Waals surface area contributed by atoms with E-state index in [4.69, 9.17) is 22.7 Å². The Labute approximate surface area is 124 Å². The molecule has 0 amide bonds. The molecule has 0 atom stereocenters. The number of sulfonamides is 1. The Hall–Kier alpha value is -1.18. The summed E-state index contributed by atoms with van der Waals surface area (Å²) in [7, 11) is -1.90. The number of benzene rings is 1. The molecule has 110 valence electrons. The van der Waals surface area contributed by atoms with Gasteiger partial charge in [-0.15, -0.1) is 0 Å². The maximum absolute atomic E-state index is 12.5. The normalized spacial score (nSPS) is 17.9. The quantitative estimate of drug-likeness (QED) is 0.850. The van der Waals surface area contributed by atoms with E-state index in [1.54, 1.807) is 31.4 Å². The first-order valence-electron chi connectivity index (χ1n) is 6.38. The van der Waals surface area contributed by atoms with Gasteiger partial charge in [-0.25, -0.2) is 8.42 Å². The van der Waals surface area contributed by atoms with Gasteiger partial charge in [-0.3, -0.25) is 0 Å². The van der Waals surface area contributed by atoms with Gasteiger partial charge in [0.2, 0.25) is 10.0 Å². The molecule has 0 aliphatic carbocycles. The van der Waals surface area contributed by atoms with Crippen molar-refractivity contribution in [3.05, 3.63) is 24.3 Å². The summed E-state index contributed by atoms with van der Waals surface area (Å²) in [6.07, 6.45) is 1.37. The number of nitrogens with zero attached hydrogens (tertiary/aromatic N) is 1. The van der Waals surface area contributed by atoms with Crippen LogP contribution in [0.25, 0.3) is 0 Å². The van der Waals surface area contributed by atoms with Crippen LogP contribution in [0.5, 0.6) is 5.75 Å². The summed E-state index contributed by atoms with van der Waals surface area (Å²) in [6.45, 7) is 0.909. The molecule has 1 aliphatic rings. The lowest BCUT2D eigenvalue weighted by Gasteiger charge is -2.30. The standard InChI is InChI=1S/C13H18N2O3S2/c1-18-11-2-4-12(5-3-11)20(16,17)15-8-6-10(7-9-15)13(14)19/h2-5,10H,6-9H2,1H3,(H2,14,19). The van der Waals surface area contributed by atoms with Gasteiger partial charge in [0.15, 0.2) is 0 Å². The van der Waals surface area contributed by atoms with Crippen molar-refractivity contribution in [3.8, 4) is 5.75 Å². The third kappa shape index (κ3) is 3.11. The largest absolute Gasteiger partial charge is 0.497 e. The van der Waals surface area contributed by atoms with Crippen LogP contribution in [0.3, 0.4) is 0 Å². The second-order valence-electron chi connectivity index (χ2n) is 4.76. The number of piperidine rings is 1. The Morgan fingerprint density at radius 2 is 1.85 bits per heavy atom. The van der Waals surface area contributed by atoms with E-state index in [2.05, 4.69) is 0 Å². The average Bonchev–Trinajstić information content (AvgIpc) is 2.47. The fraction of sp³-hybridized carbons (Fsp3) is 0.462. The lowest BCUT2D eigenvalue weighted by molar-refractivity contribution is 0.316. The van der Waals surface area contributed by atoms with Gasteiger partial charge in [0, 0.05) is 19.0 Å². The molecule has 7 heteroatoms. The SMILES string of the molecule is COc1ccc(S(=O)(=O)N2CCC(C(N)=S)CC2)cc1. The van der Waals surface area contributed by atoms with E-state index >= 15 is 0 Å². The molecule has 0 spiro atoms. The second kappa shape index (κ2) is 6.07. The van der Waals surface area contributed by atoms with Crippen LogP contribution < -0.4 is 10.5 Å². The molecular weight excluding hydrogens is 296 g/mol. The number of nitrogens with two attached hydrogens (primary N) is 1. The van der Waals surface area contributed by atoms with Crippen molar-refractivity contribution in [2.75, 3.05) is 20.2 Å². The summed E-state index contributed by atoms with van der Waals surface area (Å²) in [5.41, 5.74) is 5.61. The highest BCUT2D eigenvalue weighted by Gasteiger charge is 2.30. The highest BCUT2D eigenvalue weighted by Crippen LogP contribution is 2.25. The summed E-state index contributed by atoms with van der Waals surface area (Å²) in [5, 5.41) is 0. The average molecular weight is 314 g/mol. The number of hydrogen-bond donors (Lipinski definition) is 1. The van der Waals surface area contributed by atoms with Crippen LogP contribution in [0.15, 0.2) is 29.2 Å². The summed E-state index contributed by atoms with van der Waals surface area (Å²) in [4.78, 5) is 0.763. The molecule has 1 saturated heterocycles. The van der Waals surface area contributed by atoms with Crippen molar-refractivity contribution in [3.63, 3.8) is 0 Å². The summed E-state index contributed by atoms with van der Waals surface area (Å²) >= 11 is 4.96. The third-order valence-corrected chi connectivity index (χ3v) is 5.80.